The number of anilines is 1. The van der Waals surface area contributed by atoms with Crippen LogP contribution in [0.25, 0.3) is 33.1 Å². The normalized spacial score (nSPS) is 14.1. The first-order valence-electron chi connectivity index (χ1n) is 13.0. The molecule has 0 atom stereocenters. The van der Waals surface area contributed by atoms with Crippen molar-refractivity contribution < 1.29 is 9.53 Å². The van der Waals surface area contributed by atoms with Crippen LogP contribution in [0.4, 0.5) is 5.82 Å². The van der Waals surface area contributed by atoms with Crippen LogP contribution < -0.4 is 11.1 Å². The molecule has 0 aliphatic heterocycles. The number of carbonyl (C=O) groups excluding carboxylic acids is 1. The van der Waals surface area contributed by atoms with Gasteiger partial charge in [0.15, 0.2) is 5.82 Å². The molecule has 1 aliphatic rings. The lowest BCUT2D eigenvalue weighted by atomic mass is 10.0. The molecule has 188 valence electrons. The number of unbranched alkanes of at least 4 members (excludes halogenated alkanes) is 1. The second-order valence-corrected chi connectivity index (χ2v) is 9.46. The summed E-state index contributed by atoms with van der Waals surface area (Å²) in [7, 11) is 0. The van der Waals surface area contributed by atoms with Crippen molar-refractivity contribution in [2.75, 3.05) is 18.9 Å². The first-order chi connectivity index (χ1) is 17.7. The zero-order chi connectivity index (χ0) is 24.9. The van der Waals surface area contributed by atoms with Gasteiger partial charge in [0.1, 0.15) is 17.9 Å². The maximum atomic E-state index is 12.3. The molecule has 3 N–H and O–H groups in total. The summed E-state index contributed by atoms with van der Waals surface area (Å²) in [6, 6.07) is 10.2. The zero-order valence-corrected chi connectivity index (χ0v) is 20.9. The van der Waals surface area contributed by atoms with Gasteiger partial charge in [-0.05, 0) is 50.3 Å². The van der Waals surface area contributed by atoms with Gasteiger partial charge >= 0.3 is 0 Å². The number of imidazole rings is 1. The van der Waals surface area contributed by atoms with Crippen LogP contribution in [0.1, 0.15) is 51.3 Å². The van der Waals surface area contributed by atoms with Crippen LogP contribution in [-0.2, 0) is 22.7 Å². The minimum Gasteiger partial charge on any atom is -0.382 e. The Hall–Kier alpha value is -3.52. The van der Waals surface area contributed by atoms with E-state index < -0.39 is 0 Å². The molecule has 0 unspecified atom stereocenters. The van der Waals surface area contributed by atoms with Gasteiger partial charge in [0.05, 0.1) is 11.0 Å². The van der Waals surface area contributed by atoms with Gasteiger partial charge in [-0.15, -0.1) is 0 Å². The summed E-state index contributed by atoms with van der Waals surface area (Å²) in [5.74, 6) is 1.69. The Kier molecular flexibility index (Phi) is 7.41. The fourth-order valence-corrected chi connectivity index (χ4v) is 5.15. The van der Waals surface area contributed by atoms with Crippen LogP contribution in [0.5, 0.6) is 0 Å². The number of hydrogen-bond acceptors (Lipinski definition) is 6. The number of ether oxygens (including phenoxy) is 1. The second-order valence-electron chi connectivity index (χ2n) is 9.46. The van der Waals surface area contributed by atoms with Gasteiger partial charge in [0, 0.05) is 49.0 Å². The molecule has 3 aromatic heterocycles. The van der Waals surface area contributed by atoms with E-state index in [2.05, 4.69) is 38.1 Å². The number of amides is 1. The van der Waals surface area contributed by atoms with Gasteiger partial charge in [-0.3, -0.25) is 9.78 Å². The maximum absolute atomic E-state index is 12.3. The molecule has 0 saturated heterocycles. The molecule has 1 aromatic carbocycles. The van der Waals surface area contributed by atoms with E-state index in [1.54, 1.807) is 6.20 Å². The van der Waals surface area contributed by atoms with Crippen molar-refractivity contribution in [2.45, 2.75) is 58.6 Å². The van der Waals surface area contributed by atoms with Crippen molar-refractivity contribution >= 4 is 33.7 Å². The summed E-state index contributed by atoms with van der Waals surface area (Å²) in [6.45, 7) is 4.46. The molecule has 1 saturated carbocycles. The van der Waals surface area contributed by atoms with Gasteiger partial charge in [-0.2, -0.15) is 0 Å². The highest BCUT2D eigenvalue weighted by atomic mass is 16.5. The number of aromatic nitrogens is 4. The molecule has 1 fully saturated rings. The van der Waals surface area contributed by atoms with E-state index >= 15 is 0 Å². The number of nitrogens with zero attached hydrogens (tertiary/aromatic N) is 4. The molecule has 8 nitrogen and oxygen atoms in total. The first-order valence-corrected chi connectivity index (χ1v) is 13.0. The third-order valence-electron chi connectivity index (χ3n) is 7.05. The average Bonchev–Trinajstić information content (AvgIpc) is 3.57. The molecule has 8 heteroatoms. The molecule has 1 amide bonds. The Morgan fingerprint density at radius 2 is 2.03 bits per heavy atom. The van der Waals surface area contributed by atoms with E-state index in [9.17, 15) is 4.79 Å². The van der Waals surface area contributed by atoms with Crippen molar-refractivity contribution in [3.63, 3.8) is 0 Å². The molecule has 1 aliphatic carbocycles. The SMILES string of the molecule is CCOCc1nc2c(N)nc3cc(-c4cccnc4)ccc3c2n1CCCCNC(=O)C1CCCC1. The number of aryl methyl sites for hydroxylation is 1. The molecule has 0 bridgehead atoms. The van der Waals surface area contributed by atoms with E-state index in [1.807, 2.05) is 25.3 Å². The number of rotatable bonds is 10. The second kappa shape index (κ2) is 11.0. The fourth-order valence-electron chi connectivity index (χ4n) is 5.15. The smallest absolute Gasteiger partial charge is 0.223 e. The number of carbonyl (C=O) groups is 1. The van der Waals surface area contributed by atoms with Crippen LogP contribution in [0.2, 0.25) is 0 Å². The number of fused-ring (bicyclic) bond motifs is 3. The number of benzene rings is 1. The lowest BCUT2D eigenvalue weighted by Crippen LogP contribution is -2.30. The molecular weight excluding hydrogens is 452 g/mol. The van der Waals surface area contributed by atoms with E-state index in [0.717, 1.165) is 65.6 Å². The van der Waals surface area contributed by atoms with E-state index in [-0.39, 0.29) is 11.8 Å². The Balaban J connectivity index is 1.41. The Labute approximate surface area is 211 Å². The highest BCUT2D eigenvalue weighted by molar-refractivity contribution is 6.07. The molecule has 5 rings (SSSR count). The van der Waals surface area contributed by atoms with Crippen LogP contribution in [0.3, 0.4) is 0 Å². The summed E-state index contributed by atoms with van der Waals surface area (Å²) in [5, 5.41) is 4.14. The number of nitrogens with two attached hydrogens (primary N) is 1. The van der Waals surface area contributed by atoms with Crippen molar-refractivity contribution in [3.05, 3.63) is 48.5 Å². The monoisotopic (exact) mass is 486 g/mol. The fraction of sp³-hybridized carbons (Fsp3) is 0.429. The van der Waals surface area contributed by atoms with Crippen LogP contribution >= 0.6 is 0 Å². The Bertz CT molecular complexity index is 1340. The number of hydrogen-bond donors (Lipinski definition) is 2. The molecule has 36 heavy (non-hydrogen) atoms. The largest absolute Gasteiger partial charge is 0.382 e. The third-order valence-corrected chi connectivity index (χ3v) is 7.05. The molecule has 0 spiro atoms. The predicted molar refractivity (Wildman–Crippen MR) is 142 cm³/mol. The molecule has 3 heterocycles. The average molecular weight is 487 g/mol. The van der Waals surface area contributed by atoms with Crippen LogP contribution in [-0.4, -0.2) is 38.6 Å². The molecule has 0 radical (unpaired) electrons. The highest BCUT2D eigenvalue weighted by Gasteiger charge is 2.22. The summed E-state index contributed by atoms with van der Waals surface area (Å²) in [6.07, 6.45) is 9.82. The van der Waals surface area contributed by atoms with Gasteiger partial charge in [0.2, 0.25) is 5.91 Å². The molecule has 4 aromatic rings. The zero-order valence-electron chi connectivity index (χ0n) is 20.9. The minimum atomic E-state index is 0.207. The van der Waals surface area contributed by atoms with Crippen molar-refractivity contribution in [1.82, 2.24) is 24.8 Å². The van der Waals surface area contributed by atoms with Gasteiger partial charge < -0.3 is 20.4 Å². The predicted octanol–water partition coefficient (Wildman–Crippen LogP) is 4.85. The van der Waals surface area contributed by atoms with Crippen LogP contribution in [0.15, 0.2) is 42.7 Å². The summed E-state index contributed by atoms with van der Waals surface area (Å²) >= 11 is 0. The standard InChI is InChI=1S/C28H34N6O2/c1-2-36-18-24-33-25-26(34(24)15-6-5-14-31-28(35)19-8-3-4-9-19)22-12-11-20(16-23(22)32-27(25)29)21-10-7-13-30-17-21/h7,10-13,16-17,19H,2-6,8-9,14-15,18H2,1H3,(H2,29,32)(H,31,35). The van der Waals surface area contributed by atoms with E-state index in [0.29, 0.717) is 31.1 Å². The van der Waals surface area contributed by atoms with Crippen molar-refractivity contribution in [1.29, 1.82) is 0 Å². The Morgan fingerprint density at radius 3 is 2.81 bits per heavy atom. The minimum absolute atomic E-state index is 0.207. The maximum Gasteiger partial charge on any atom is 0.223 e. The first kappa shape index (κ1) is 24.2. The topological polar surface area (TPSA) is 108 Å². The van der Waals surface area contributed by atoms with Gasteiger partial charge in [-0.25, -0.2) is 9.97 Å². The van der Waals surface area contributed by atoms with Gasteiger partial charge in [-0.1, -0.05) is 31.0 Å². The number of nitrogen functional groups attached to an aromatic ring is 1. The summed E-state index contributed by atoms with van der Waals surface area (Å²) in [4.78, 5) is 26.1. The van der Waals surface area contributed by atoms with Crippen molar-refractivity contribution in [2.24, 2.45) is 5.92 Å². The van der Waals surface area contributed by atoms with E-state index in [1.165, 1.54) is 12.8 Å². The lowest BCUT2D eigenvalue weighted by Gasteiger charge is -2.13. The number of pyridine rings is 2. The highest BCUT2D eigenvalue weighted by Crippen LogP contribution is 2.32. The van der Waals surface area contributed by atoms with E-state index in [4.69, 9.17) is 15.5 Å². The summed E-state index contributed by atoms with van der Waals surface area (Å²) < 4.78 is 7.94. The van der Waals surface area contributed by atoms with Crippen molar-refractivity contribution in [3.8, 4) is 11.1 Å². The number of nitrogens with one attached hydrogen (secondary N) is 1. The molecular formula is C28H34N6O2. The quantitative estimate of drug-likeness (QED) is 0.310. The third kappa shape index (κ3) is 5.04. The lowest BCUT2D eigenvalue weighted by molar-refractivity contribution is -0.124. The van der Waals surface area contributed by atoms with Gasteiger partial charge in [0.25, 0.3) is 0 Å². The Morgan fingerprint density at radius 1 is 1.17 bits per heavy atom. The summed E-state index contributed by atoms with van der Waals surface area (Å²) in [5.41, 5.74) is 11.0. The van der Waals surface area contributed by atoms with Crippen LogP contribution in [0, 0.1) is 5.92 Å².